The number of ether oxygens (including phenoxy) is 2. The summed E-state index contributed by atoms with van der Waals surface area (Å²) in [5.41, 5.74) is -2.80. The molecule has 0 heterocycles. The fourth-order valence-electron chi connectivity index (χ4n) is 6.08. The predicted molar refractivity (Wildman–Crippen MR) is 77.5 cm³/mol. The van der Waals surface area contributed by atoms with Crippen LogP contribution in [0.3, 0.4) is 0 Å². The summed E-state index contributed by atoms with van der Waals surface area (Å²) in [7, 11) is 2.90. The molecule has 4 bridgehead atoms. The van der Waals surface area contributed by atoms with E-state index in [4.69, 9.17) is 9.47 Å². The standard InChI is InChI=1S/C17H23NO4/c1-10(2)12-13(19)11-8-15(9-18)6-5-7-16(11,14(20)21-3)17(12,15)22-4/h10-12H,5-8H2,1-4H3. The lowest BCUT2D eigenvalue weighted by Gasteiger charge is -2.53. The van der Waals surface area contributed by atoms with Gasteiger partial charge in [-0.05, 0) is 25.2 Å². The first-order valence-electron chi connectivity index (χ1n) is 7.97. The molecule has 0 N–H and O–H groups in total. The molecule has 0 spiro atoms. The average molecular weight is 305 g/mol. The summed E-state index contributed by atoms with van der Waals surface area (Å²) in [5.74, 6) is -1.15. The van der Waals surface area contributed by atoms with Crippen molar-refractivity contribution >= 4 is 11.8 Å². The Morgan fingerprint density at radius 3 is 2.55 bits per heavy atom. The fraction of sp³-hybridized carbons (Fsp3) is 0.824. The molecule has 0 saturated heterocycles. The zero-order valence-corrected chi connectivity index (χ0v) is 13.6. The van der Waals surface area contributed by atoms with Crippen LogP contribution in [0.4, 0.5) is 0 Å². The van der Waals surface area contributed by atoms with Gasteiger partial charge in [0.1, 0.15) is 16.8 Å². The lowest BCUT2D eigenvalue weighted by Crippen LogP contribution is -2.64. The largest absolute Gasteiger partial charge is 0.468 e. The molecular formula is C17H23NO4. The van der Waals surface area contributed by atoms with Gasteiger partial charge in [-0.3, -0.25) is 9.59 Å². The molecule has 3 fully saturated rings. The summed E-state index contributed by atoms with van der Waals surface area (Å²) in [6, 6.07) is 2.46. The number of hydrogen-bond acceptors (Lipinski definition) is 5. The molecule has 0 aliphatic heterocycles. The maximum Gasteiger partial charge on any atom is 0.315 e. The van der Waals surface area contributed by atoms with Gasteiger partial charge in [0.25, 0.3) is 0 Å². The average Bonchev–Trinajstić information content (AvgIpc) is 2.79. The van der Waals surface area contributed by atoms with Crippen molar-refractivity contribution in [3.05, 3.63) is 0 Å². The highest BCUT2D eigenvalue weighted by molar-refractivity contribution is 5.99. The first kappa shape index (κ1) is 15.5. The lowest BCUT2D eigenvalue weighted by atomic mass is 9.53. The van der Waals surface area contributed by atoms with Gasteiger partial charge in [0.15, 0.2) is 0 Å². The number of carbonyl (C=O) groups excluding carboxylic acids is 2. The molecule has 3 aliphatic rings. The summed E-state index contributed by atoms with van der Waals surface area (Å²) in [6.07, 6.45) is 2.43. The molecule has 0 radical (unpaired) electrons. The number of nitriles is 1. The fourth-order valence-corrected chi connectivity index (χ4v) is 6.08. The molecular weight excluding hydrogens is 282 g/mol. The van der Waals surface area contributed by atoms with Crippen LogP contribution < -0.4 is 0 Å². The van der Waals surface area contributed by atoms with Crippen LogP contribution in [0.5, 0.6) is 0 Å². The van der Waals surface area contributed by atoms with E-state index in [0.717, 1.165) is 6.42 Å². The number of rotatable bonds is 3. The number of carbonyl (C=O) groups is 2. The van der Waals surface area contributed by atoms with Crippen LogP contribution in [0, 0.1) is 39.9 Å². The van der Waals surface area contributed by atoms with E-state index in [1.165, 1.54) is 7.11 Å². The Hall–Kier alpha value is -1.41. The molecule has 0 aromatic heterocycles. The summed E-state index contributed by atoms with van der Waals surface area (Å²) >= 11 is 0. The molecule has 5 nitrogen and oxygen atoms in total. The van der Waals surface area contributed by atoms with Gasteiger partial charge in [-0.2, -0.15) is 5.26 Å². The molecule has 0 amide bonds. The normalized spacial score (nSPS) is 45.9. The third kappa shape index (κ3) is 1.26. The Bertz CT molecular complexity index is 580. The minimum Gasteiger partial charge on any atom is -0.468 e. The zero-order chi connectivity index (χ0) is 16.3. The van der Waals surface area contributed by atoms with Crippen molar-refractivity contribution in [1.82, 2.24) is 0 Å². The van der Waals surface area contributed by atoms with Crippen molar-refractivity contribution in [2.75, 3.05) is 14.2 Å². The SMILES string of the molecule is COC(=O)C12CCCC3(C#N)CC1C(=O)C(C(C)C)C32OC. The monoisotopic (exact) mass is 305 g/mol. The first-order valence-corrected chi connectivity index (χ1v) is 7.97. The smallest absolute Gasteiger partial charge is 0.315 e. The number of Topliss-reactive ketones (excluding diaryl/α,β-unsaturated/α-hetero) is 1. The van der Waals surface area contributed by atoms with E-state index >= 15 is 0 Å². The Kier molecular flexibility index (Phi) is 3.20. The van der Waals surface area contributed by atoms with Crippen LogP contribution in [0.25, 0.3) is 0 Å². The molecule has 120 valence electrons. The van der Waals surface area contributed by atoms with Crippen molar-refractivity contribution < 1.29 is 19.1 Å². The number of methoxy groups -OCH3 is 2. The molecule has 3 aliphatic carbocycles. The summed E-state index contributed by atoms with van der Waals surface area (Å²) in [6.45, 7) is 3.94. The van der Waals surface area contributed by atoms with Crippen LogP contribution in [-0.4, -0.2) is 31.6 Å². The molecule has 0 aromatic rings. The Morgan fingerprint density at radius 1 is 1.36 bits per heavy atom. The molecule has 22 heavy (non-hydrogen) atoms. The lowest BCUT2D eigenvalue weighted by molar-refractivity contribution is -0.208. The molecule has 5 atom stereocenters. The van der Waals surface area contributed by atoms with Gasteiger partial charge in [-0.1, -0.05) is 20.3 Å². The van der Waals surface area contributed by atoms with Crippen LogP contribution in [0.15, 0.2) is 0 Å². The van der Waals surface area contributed by atoms with Crippen molar-refractivity contribution in [2.45, 2.75) is 45.1 Å². The van der Waals surface area contributed by atoms with Gasteiger partial charge >= 0.3 is 5.97 Å². The van der Waals surface area contributed by atoms with Crippen molar-refractivity contribution in [1.29, 1.82) is 5.26 Å². The second-order valence-electron chi connectivity index (χ2n) is 7.33. The topological polar surface area (TPSA) is 76.4 Å². The molecule has 5 heteroatoms. The van der Waals surface area contributed by atoms with E-state index in [0.29, 0.717) is 19.3 Å². The van der Waals surface area contributed by atoms with E-state index < -0.39 is 28.3 Å². The van der Waals surface area contributed by atoms with Gasteiger partial charge in [0.2, 0.25) is 0 Å². The molecule has 5 unspecified atom stereocenters. The van der Waals surface area contributed by atoms with E-state index in [9.17, 15) is 14.9 Å². The number of hydrogen-bond donors (Lipinski definition) is 0. The minimum atomic E-state index is -1.05. The maximum atomic E-state index is 13.0. The van der Waals surface area contributed by atoms with Crippen LogP contribution in [-0.2, 0) is 19.1 Å². The molecule has 0 aromatic carbocycles. The van der Waals surface area contributed by atoms with Gasteiger partial charge in [0.05, 0.1) is 24.5 Å². The summed E-state index contributed by atoms with van der Waals surface area (Å²) in [4.78, 5) is 25.8. The highest BCUT2D eigenvalue weighted by atomic mass is 16.5. The number of esters is 1. The van der Waals surface area contributed by atoms with Crippen LogP contribution >= 0.6 is 0 Å². The Morgan fingerprint density at radius 2 is 2.05 bits per heavy atom. The Labute approximate surface area is 131 Å². The van der Waals surface area contributed by atoms with Gasteiger partial charge in [0, 0.05) is 13.0 Å². The van der Waals surface area contributed by atoms with Crippen molar-refractivity contribution in [3.63, 3.8) is 0 Å². The van der Waals surface area contributed by atoms with Gasteiger partial charge < -0.3 is 9.47 Å². The Balaban J connectivity index is 2.33. The van der Waals surface area contributed by atoms with Crippen LogP contribution in [0.1, 0.15) is 39.5 Å². The third-order valence-electron chi connectivity index (χ3n) is 6.54. The highest BCUT2D eigenvalue weighted by Gasteiger charge is 2.86. The van der Waals surface area contributed by atoms with Crippen LogP contribution in [0.2, 0.25) is 0 Å². The van der Waals surface area contributed by atoms with E-state index in [1.54, 1.807) is 7.11 Å². The van der Waals surface area contributed by atoms with Crippen molar-refractivity contribution in [3.8, 4) is 6.07 Å². The quantitative estimate of drug-likeness (QED) is 0.746. The second-order valence-corrected chi connectivity index (χ2v) is 7.33. The second kappa shape index (κ2) is 4.55. The summed E-state index contributed by atoms with van der Waals surface area (Å²) < 4.78 is 11.1. The number of ketones is 1. The third-order valence-corrected chi connectivity index (χ3v) is 6.54. The van der Waals surface area contributed by atoms with Gasteiger partial charge in [-0.15, -0.1) is 0 Å². The molecule has 3 saturated carbocycles. The molecule has 3 rings (SSSR count). The zero-order valence-electron chi connectivity index (χ0n) is 13.6. The number of nitrogens with zero attached hydrogens (tertiary/aromatic N) is 1. The summed E-state index contributed by atoms with van der Waals surface area (Å²) in [5, 5.41) is 9.95. The predicted octanol–water partition coefficient (Wildman–Crippen LogP) is 2.10. The highest BCUT2D eigenvalue weighted by Crippen LogP contribution is 2.76. The van der Waals surface area contributed by atoms with E-state index in [1.807, 2.05) is 13.8 Å². The minimum absolute atomic E-state index is 0.0209. The van der Waals surface area contributed by atoms with Gasteiger partial charge in [-0.25, -0.2) is 0 Å². The van der Waals surface area contributed by atoms with E-state index in [-0.39, 0.29) is 17.7 Å². The van der Waals surface area contributed by atoms with E-state index in [2.05, 4.69) is 6.07 Å². The maximum absolute atomic E-state index is 13.0. The first-order chi connectivity index (χ1) is 10.4. The van der Waals surface area contributed by atoms with Crippen molar-refractivity contribution in [2.24, 2.45) is 28.6 Å².